The second-order valence-electron chi connectivity index (χ2n) is 7.34. The zero-order chi connectivity index (χ0) is 23.8. The van der Waals surface area contributed by atoms with Crippen LogP contribution in [0.4, 0.5) is 13.2 Å². The van der Waals surface area contributed by atoms with Gasteiger partial charge in [0, 0.05) is 22.3 Å². The predicted octanol–water partition coefficient (Wildman–Crippen LogP) is 6.35. The molecule has 170 valence electrons. The van der Waals surface area contributed by atoms with E-state index in [0.29, 0.717) is 16.8 Å². The van der Waals surface area contributed by atoms with Gasteiger partial charge in [-0.3, -0.25) is 0 Å². The van der Waals surface area contributed by atoms with Crippen LogP contribution in [0.5, 0.6) is 0 Å². The van der Waals surface area contributed by atoms with Gasteiger partial charge in [0.2, 0.25) is 0 Å². The van der Waals surface area contributed by atoms with Gasteiger partial charge in [-0.05, 0) is 48.2 Å². The Kier molecular flexibility index (Phi) is 6.11. The zero-order valence-electron chi connectivity index (χ0n) is 17.7. The van der Waals surface area contributed by atoms with Gasteiger partial charge in [0.25, 0.3) is 0 Å². The molecule has 4 aromatic rings. The molecule has 3 aromatic carbocycles. The summed E-state index contributed by atoms with van der Waals surface area (Å²) in [5.41, 5.74) is 0.388. The van der Waals surface area contributed by atoms with Crippen molar-refractivity contribution in [2.24, 2.45) is 0 Å². The fourth-order valence-corrected chi connectivity index (χ4v) is 4.57. The molecule has 0 atom stereocenters. The molecule has 0 radical (unpaired) electrons. The number of alkyl halides is 3. The summed E-state index contributed by atoms with van der Waals surface area (Å²) in [4.78, 5) is 1.04. The number of aromatic nitrogens is 2. The van der Waals surface area contributed by atoms with Gasteiger partial charge in [-0.1, -0.05) is 42.5 Å². The summed E-state index contributed by atoms with van der Waals surface area (Å²) >= 11 is 1.52. The Morgan fingerprint density at radius 2 is 1.45 bits per heavy atom. The molecule has 0 bridgehead atoms. The molecule has 0 aliphatic carbocycles. The zero-order valence-corrected chi connectivity index (χ0v) is 19.3. The summed E-state index contributed by atoms with van der Waals surface area (Å²) in [6.45, 7) is 0. The molecule has 33 heavy (non-hydrogen) atoms. The molecular weight excluding hydrogens is 469 g/mol. The van der Waals surface area contributed by atoms with Crippen LogP contribution in [0.25, 0.3) is 28.1 Å². The molecule has 4 nitrogen and oxygen atoms in total. The van der Waals surface area contributed by atoms with Gasteiger partial charge in [-0.25, -0.2) is 13.1 Å². The highest BCUT2D eigenvalue weighted by Gasteiger charge is 2.40. The molecule has 0 fully saturated rings. The fourth-order valence-electron chi connectivity index (χ4n) is 3.53. The minimum absolute atomic E-state index is 0.0656. The van der Waals surface area contributed by atoms with E-state index in [2.05, 4.69) is 5.10 Å². The molecule has 0 amide bonds. The number of sulfone groups is 1. The molecule has 1 aromatic heterocycles. The van der Waals surface area contributed by atoms with Crippen molar-refractivity contribution in [3.8, 4) is 28.1 Å². The smallest absolute Gasteiger partial charge is 0.232 e. The van der Waals surface area contributed by atoms with E-state index in [-0.39, 0.29) is 16.2 Å². The van der Waals surface area contributed by atoms with Crippen LogP contribution in [-0.4, -0.2) is 30.7 Å². The first-order valence-corrected chi connectivity index (χ1v) is 12.9. The van der Waals surface area contributed by atoms with Crippen molar-refractivity contribution in [1.82, 2.24) is 9.78 Å². The van der Waals surface area contributed by atoms with E-state index < -0.39 is 21.7 Å². The quantitative estimate of drug-likeness (QED) is 0.307. The summed E-state index contributed by atoms with van der Waals surface area (Å²) in [6.07, 6.45) is -1.71. The van der Waals surface area contributed by atoms with E-state index >= 15 is 0 Å². The van der Waals surface area contributed by atoms with E-state index in [1.54, 1.807) is 42.5 Å². The second-order valence-corrected chi connectivity index (χ2v) is 10.2. The first-order chi connectivity index (χ1) is 15.6. The molecule has 0 aliphatic rings. The first kappa shape index (κ1) is 23.1. The van der Waals surface area contributed by atoms with Crippen molar-refractivity contribution in [2.75, 3.05) is 12.5 Å². The number of hydrogen-bond acceptors (Lipinski definition) is 4. The topological polar surface area (TPSA) is 52.0 Å². The van der Waals surface area contributed by atoms with Crippen LogP contribution in [0.3, 0.4) is 0 Å². The van der Waals surface area contributed by atoms with Crippen LogP contribution in [-0.2, 0) is 16.0 Å². The molecule has 0 aliphatic heterocycles. The van der Waals surface area contributed by atoms with Gasteiger partial charge < -0.3 is 0 Å². The monoisotopic (exact) mass is 488 g/mol. The van der Waals surface area contributed by atoms with Crippen molar-refractivity contribution >= 4 is 21.6 Å². The molecule has 0 saturated heterocycles. The third-order valence-electron chi connectivity index (χ3n) is 5.09. The standard InChI is InChI=1S/C24H19F3N2O2S2/c1-32-19-12-10-18(11-13-19)29-22(17-8-14-20(15-9-17)33(2,30)31)21(16-6-4-3-5-7-16)23(28-29)24(25,26)27/h3-15H,1-2H3. The maximum atomic E-state index is 14.1. The normalized spacial score (nSPS) is 12.2. The van der Waals surface area contributed by atoms with E-state index in [0.717, 1.165) is 11.2 Å². The number of benzene rings is 3. The van der Waals surface area contributed by atoms with Gasteiger partial charge in [0.1, 0.15) is 0 Å². The highest BCUT2D eigenvalue weighted by atomic mass is 32.2. The molecular formula is C24H19F3N2O2S2. The first-order valence-electron chi connectivity index (χ1n) is 9.80. The lowest BCUT2D eigenvalue weighted by molar-refractivity contribution is -0.140. The molecule has 9 heteroatoms. The highest BCUT2D eigenvalue weighted by Crippen LogP contribution is 2.43. The van der Waals surface area contributed by atoms with Crippen LogP contribution >= 0.6 is 11.8 Å². The minimum atomic E-state index is -4.70. The van der Waals surface area contributed by atoms with Crippen LogP contribution in [0.15, 0.2) is 88.7 Å². The lowest BCUT2D eigenvalue weighted by atomic mass is 9.98. The minimum Gasteiger partial charge on any atom is -0.232 e. The number of hydrogen-bond donors (Lipinski definition) is 0. The third kappa shape index (κ3) is 4.69. The third-order valence-corrected chi connectivity index (χ3v) is 6.96. The Bertz CT molecular complexity index is 1380. The summed E-state index contributed by atoms with van der Waals surface area (Å²) < 4.78 is 67.5. The van der Waals surface area contributed by atoms with E-state index in [1.165, 1.54) is 40.7 Å². The Labute approximate surface area is 194 Å². The number of rotatable bonds is 5. The van der Waals surface area contributed by atoms with Gasteiger partial charge in [-0.2, -0.15) is 18.3 Å². The largest absolute Gasteiger partial charge is 0.435 e. The maximum Gasteiger partial charge on any atom is 0.435 e. The lowest BCUT2D eigenvalue weighted by Gasteiger charge is -2.12. The average molecular weight is 489 g/mol. The van der Waals surface area contributed by atoms with Crippen LogP contribution in [0.1, 0.15) is 5.69 Å². The van der Waals surface area contributed by atoms with E-state index in [1.807, 2.05) is 18.4 Å². The summed E-state index contributed by atoms with van der Waals surface area (Å²) in [5, 5.41) is 4.00. The molecule has 4 rings (SSSR count). The van der Waals surface area contributed by atoms with Crippen molar-refractivity contribution in [3.63, 3.8) is 0 Å². The van der Waals surface area contributed by atoms with Crippen molar-refractivity contribution in [1.29, 1.82) is 0 Å². The summed E-state index contributed by atoms with van der Waals surface area (Å²) in [5.74, 6) is 0. The average Bonchev–Trinajstić information content (AvgIpc) is 3.20. The Morgan fingerprint density at radius 1 is 0.848 bits per heavy atom. The van der Waals surface area contributed by atoms with Crippen LogP contribution < -0.4 is 0 Å². The fraction of sp³-hybridized carbons (Fsp3) is 0.125. The van der Waals surface area contributed by atoms with Gasteiger partial charge in [0.15, 0.2) is 15.5 Å². The molecule has 0 N–H and O–H groups in total. The summed E-state index contributed by atoms with van der Waals surface area (Å²) in [7, 11) is -3.46. The SMILES string of the molecule is CSc1ccc(-n2nc(C(F)(F)F)c(-c3ccccc3)c2-c2ccc(S(C)(=O)=O)cc2)cc1. The summed E-state index contributed by atoms with van der Waals surface area (Å²) in [6, 6.07) is 21.1. The molecule has 0 saturated carbocycles. The van der Waals surface area contributed by atoms with Crippen LogP contribution in [0, 0.1) is 0 Å². The molecule has 0 spiro atoms. The van der Waals surface area contributed by atoms with Crippen molar-refractivity contribution < 1.29 is 21.6 Å². The Hall–Kier alpha value is -3.04. The van der Waals surface area contributed by atoms with E-state index in [4.69, 9.17) is 0 Å². The maximum absolute atomic E-state index is 14.1. The molecule has 0 unspecified atom stereocenters. The predicted molar refractivity (Wildman–Crippen MR) is 124 cm³/mol. The van der Waals surface area contributed by atoms with Gasteiger partial charge >= 0.3 is 6.18 Å². The van der Waals surface area contributed by atoms with Gasteiger partial charge in [-0.15, -0.1) is 11.8 Å². The van der Waals surface area contributed by atoms with Crippen LogP contribution in [0.2, 0.25) is 0 Å². The Morgan fingerprint density at radius 3 is 1.97 bits per heavy atom. The number of halogens is 3. The van der Waals surface area contributed by atoms with Crippen molar-refractivity contribution in [2.45, 2.75) is 16.0 Å². The second kappa shape index (κ2) is 8.72. The Balaban J connectivity index is 2.05. The highest BCUT2D eigenvalue weighted by molar-refractivity contribution is 7.98. The van der Waals surface area contributed by atoms with E-state index in [9.17, 15) is 21.6 Å². The number of thioether (sulfide) groups is 1. The number of nitrogens with zero attached hydrogens (tertiary/aromatic N) is 2. The van der Waals surface area contributed by atoms with Crippen molar-refractivity contribution in [3.05, 3.63) is 84.6 Å². The van der Waals surface area contributed by atoms with Gasteiger partial charge in [0.05, 0.1) is 16.3 Å². The molecule has 1 heterocycles. The lowest BCUT2D eigenvalue weighted by Crippen LogP contribution is -2.08.